The van der Waals surface area contributed by atoms with E-state index in [0.29, 0.717) is 31.3 Å². The number of hydrogen-bond acceptors (Lipinski definition) is 6. The Morgan fingerprint density at radius 2 is 2.18 bits per heavy atom. The number of alkyl halides is 3. The van der Waals surface area contributed by atoms with E-state index < -0.39 is 17.8 Å². The van der Waals surface area contributed by atoms with Crippen LogP contribution in [0.3, 0.4) is 0 Å². The Morgan fingerprint density at radius 3 is 2.82 bits per heavy atom. The van der Waals surface area contributed by atoms with Crippen LogP contribution in [0.25, 0.3) is 22.2 Å². The maximum atomic E-state index is 13.8. The molecule has 176 valence electrons. The smallest absolute Gasteiger partial charge is 0.419 e. The first-order valence-electron chi connectivity index (χ1n) is 10.2. The second-order valence-corrected chi connectivity index (χ2v) is 10.7. The summed E-state index contributed by atoms with van der Waals surface area (Å²) in [5, 5.41) is 5.88. The van der Waals surface area contributed by atoms with Crippen LogP contribution in [0.5, 0.6) is 0 Å². The van der Waals surface area contributed by atoms with Gasteiger partial charge in [-0.3, -0.25) is 5.32 Å². The second kappa shape index (κ2) is 8.61. The van der Waals surface area contributed by atoms with Crippen molar-refractivity contribution < 1.29 is 22.7 Å². The SMILES string of the molecule is COC(=O)Nc1ccc2c(-c3nc(N[C@@]4([SiH3])CCC[C@@H]4N)ncc3C(F)(F)F)c[nH]c2c1Br. The molecule has 0 aliphatic heterocycles. The molecule has 0 bridgehead atoms. The van der Waals surface area contributed by atoms with Crippen LogP contribution in [0.15, 0.2) is 29.0 Å². The number of aromatic amines is 1. The number of nitrogens with two attached hydrogens (primary N) is 1. The average Bonchev–Trinajstić information content (AvgIpc) is 3.33. The van der Waals surface area contributed by atoms with Gasteiger partial charge in [0.1, 0.15) is 5.56 Å². The molecule has 2 aromatic heterocycles. The Hall–Kier alpha value is -2.64. The van der Waals surface area contributed by atoms with Gasteiger partial charge >= 0.3 is 12.3 Å². The highest BCUT2D eigenvalue weighted by atomic mass is 79.9. The number of rotatable bonds is 4. The van der Waals surface area contributed by atoms with Gasteiger partial charge in [0.15, 0.2) is 0 Å². The quantitative estimate of drug-likeness (QED) is 0.374. The van der Waals surface area contributed by atoms with Gasteiger partial charge in [-0.1, -0.05) is 6.07 Å². The summed E-state index contributed by atoms with van der Waals surface area (Å²) >= 11 is 3.39. The van der Waals surface area contributed by atoms with Gasteiger partial charge in [-0.25, -0.2) is 14.8 Å². The van der Waals surface area contributed by atoms with Crippen LogP contribution in [0.4, 0.5) is 29.6 Å². The molecule has 1 fully saturated rings. The number of hydrogen-bond donors (Lipinski definition) is 4. The van der Waals surface area contributed by atoms with Crippen molar-refractivity contribution in [3.63, 3.8) is 0 Å². The molecule has 1 aliphatic rings. The largest absolute Gasteiger partial charge is 0.453 e. The van der Waals surface area contributed by atoms with Gasteiger partial charge in [0.2, 0.25) is 5.95 Å². The third-order valence-electron chi connectivity index (χ3n) is 5.99. The Kier molecular flexibility index (Phi) is 6.14. The number of H-pyrrole nitrogens is 1. The number of carbonyl (C=O) groups is 1. The lowest BCUT2D eigenvalue weighted by atomic mass is 10.1. The van der Waals surface area contributed by atoms with E-state index >= 15 is 0 Å². The summed E-state index contributed by atoms with van der Waals surface area (Å²) in [7, 11) is 1.93. The van der Waals surface area contributed by atoms with Crippen LogP contribution >= 0.6 is 15.9 Å². The highest BCUT2D eigenvalue weighted by molar-refractivity contribution is 9.10. The van der Waals surface area contributed by atoms with E-state index in [1.807, 2.05) is 0 Å². The first-order valence-corrected chi connectivity index (χ1v) is 12.0. The third kappa shape index (κ3) is 4.44. The molecular weight excluding hydrogens is 521 g/mol. The van der Waals surface area contributed by atoms with Crippen molar-refractivity contribution in [2.45, 2.75) is 36.6 Å². The summed E-state index contributed by atoms with van der Waals surface area (Å²) in [6.07, 6.45) is -0.436. The number of anilines is 2. The number of amides is 1. The molecule has 2 heterocycles. The maximum absolute atomic E-state index is 13.8. The average molecular weight is 543 g/mol. The summed E-state index contributed by atoms with van der Waals surface area (Å²) in [6, 6.07) is 3.08. The normalized spacial score (nSPS) is 20.8. The van der Waals surface area contributed by atoms with Crippen LogP contribution in [-0.2, 0) is 10.9 Å². The first kappa shape index (κ1) is 23.5. The lowest BCUT2D eigenvalue weighted by Crippen LogP contribution is -2.50. The molecule has 33 heavy (non-hydrogen) atoms. The predicted molar refractivity (Wildman–Crippen MR) is 126 cm³/mol. The topological polar surface area (TPSA) is 118 Å². The molecule has 0 radical (unpaired) electrons. The molecule has 1 saturated carbocycles. The zero-order chi connectivity index (χ0) is 24.0. The molecular formula is C20H22BrF3N6O2Si. The molecule has 1 aromatic carbocycles. The van der Waals surface area contributed by atoms with Gasteiger partial charge in [-0.15, -0.1) is 0 Å². The van der Waals surface area contributed by atoms with E-state index in [1.165, 1.54) is 13.3 Å². The van der Waals surface area contributed by atoms with E-state index in [1.54, 1.807) is 12.1 Å². The lowest BCUT2D eigenvalue weighted by Gasteiger charge is -2.30. The minimum atomic E-state index is -4.65. The van der Waals surface area contributed by atoms with Gasteiger partial charge in [-0.05, 0) is 41.3 Å². The van der Waals surface area contributed by atoms with Crippen molar-refractivity contribution in [1.82, 2.24) is 15.0 Å². The molecule has 5 N–H and O–H groups in total. The fourth-order valence-corrected chi connectivity index (χ4v) is 5.50. The summed E-state index contributed by atoms with van der Waals surface area (Å²) in [4.78, 5) is 22.8. The zero-order valence-corrected chi connectivity index (χ0v) is 21.4. The number of methoxy groups -OCH3 is 1. The van der Waals surface area contributed by atoms with Crippen LogP contribution in [0.2, 0.25) is 0 Å². The number of ether oxygens (including phenoxy) is 1. The molecule has 1 amide bonds. The number of fused-ring (bicyclic) bond motifs is 1. The highest BCUT2D eigenvalue weighted by Crippen LogP contribution is 2.41. The molecule has 4 rings (SSSR count). The van der Waals surface area contributed by atoms with Gasteiger partial charge < -0.3 is 20.8 Å². The van der Waals surface area contributed by atoms with Gasteiger partial charge in [0, 0.05) is 44.8 Å². The van der Waals surface area contributed by atoms with E-state index in [4.69, 9.17) is 5.73 Å². The third-order valence-corrected chi connectivity index (χ3v) is 8.31. The molecule has 13 heteroatoms. The standard InChI is InChI=1S/C20H22BrF3N6O2Si/c1-32-18(31)28-12-5-4-9-10(7-26-16(9)14(12)21)15-11(20(22,23)24)8-27-17(29-15)30-19(33)6-2-3-13(19)25/h4-5,7-8,13,26H,2-3,6,25H2,1,33H3,(H,28,31)(H,27,29,30)/t13-,19+/m0/s1. The van der Waals surface area contributed by atoms with Gasteiger partial charge in [-0.2, -0.15) is 13.2 Å². The molecule has 8 nitrogen and oxygen atoms in total. The van der Waals surface area contributed by atoms with Crippen LogP contribution < -0.4 is 16.4 Å². The van der Waals surface area contributed by atoms with Crippen LogP contribution in [0.1, 0.15) is 24.8 Å². The Labute approximate surface area is 198 Å². The monoisotopic (exact) mass is 542 g/mol. The van der Waals surface area contributed by atoms with E-state index in [0.717, 1.165) is 25.5 Å². The maximum Gasteiger partial charge on any atom is 0.419 e. The number of benzene rings is 1. The summed E-state index contributed by atoms with van der Waals surface area (Å²) in [5.41, 5.74) is 6.19. The van der Waals surface area contributed by atoms with Crippen LogP contribution in [-0.4, -0.2) is 49.6 Å². The minimum absolute atomic E-state index is 0.0942. The van der Waals surface area contributed by atoms with E-state index in [9.17, 15) is 18.0 Å². The fourth-order valence-electron chi connectivity index (χ4n) is 4.08. The number of carbonyl (C=O) groups excluding carboxylic acids is 1. The van der Waals surface area contributed by atoms with Crippen molar-refractivity contribution in [3.05, 3.63) is 34.6 Å². The number of nitrogens with one attached hydrogen (secondary N) is 3. The predicted octanol–water partition coefficient (Wildman–Crippen LogP) is 3.57. The van der Waals surface area contributed by atoms with Crippen molar-refractivity contribution in [3.8, 4) is 11.3 Å². The van der Waals surface area contributed by atoms with Crippen molar-refractivity contribution in [1.29, 1.82) is 0 Å². The molecule has 1 aliphatic carbocycles. The van der Waals surface area contributed by atoms with Crippen molar-refractivity contribution >= 4 is 54.8 Å². The van der Waals surface area contributed by atoms with Crippen LogP contribution in [0, 0.1) is 0 Å². The molecule has 0 spiro atoms. The molecule has 0 unspecified atom stereocenters. The Morgan fingerprint density at radius 1 is 1.42 bits per heavy atom. The van der Waals surface area contributed by atoms with E-state index in [2.05, 4.69) is 46.3 Å². The van der Waals surface area contributed by atoms with E-state index in [-0.39, 0.29) is 28.4 Å². The highest BCUT2D eigenvalue weighted by Gasteiger charge is 2.39. The second-order valence-electron chi connectivity index (χ2n) is 8.16. The minimum Gasteiger partial charge on any atom is -0.453 e. The summed E-state index contributed by atoms with van der Waals surface area (Å²) in [5.74, 6) is 0.114. The fraction of sp³-hybridized carbons (Fsp3) is 0.350. The number of nitrogens with zero attached hydrogens (tertiary/aromatic N) is 2. The molecule has 3 aromatic rings. The zero-order valence-electron chi connectivity index (χ0n) is 17.8. The summed E-state index contributed by atoms with van der Waals surface area (Å²) in [6.45, 7) is 0. The summed E-state index contributed by atoms with van der Waals surface area (Å²) < 4.78 is 46.6. The Bertz CT molecular complexity index is 1220. The van der Waals surface area contributed by atoms with Gasteiger partial charge in [0.05, 0.1) is 28.5 Å². The van der Waals surface area contributed by atoms with Gasteiger partial charge in [0.25, 0.3) is 0 Å². The lowest BCUT2D eigenvalue weighted by molar-refractivity contribution is -0.137. The number of halogens is 4. The Balaban J connectivity index is 1.81. The van der Waals surface area contributed by atoms with Crippen molar-refractivity contribution in [2.24, 2.45) is 5.73 Å². The first-order chi connectivity index (χ1) is 15.5. The number of aromatic nitrogens is 3. The molecule has 2 atom stereocenters. The van der Waals surface area contributed by atoms with Crippen molar-refractivity contribution in [2.75, 3.05) is 17.7 Å². The molecule has 0 saturated heterocycles.